The van der Waals surface area contributed by atoms with Crippen LogP contribution in [0.2, 0.25) is 0 Å². The zero-order valence-electron chi connectivity index (χ0n) is 12.2. The van der Waals surface area contributed by atoms with Gasteiger partial charge in [0.15, 0.2) is 0 Å². The lowest BCUT2D eigenvalue weighted by atomic mass is 9.95. The topological polar surface area (TPSA) is 83.8 Å². The molecule has 0 aliphatic heterocycles. The van der Waals surface area contributed by atoms with Crippen molar-refractivity contribution in [3.05, 3.63) is 28.8 Å². The highest BCUT2D eigenvalue weighted by Crippen LogP contribution is 2.26. The predicted octanol–water partition coefficient (Wildman–Crippen LogP) is 2.74. The van der Waals surface area contributed by atoms with Gasteiger partial charge in [0, 0.05) is 6.04 Å². The van der Waals surface area contributed by atoms with Gasteiger partial charge in [-0.25, -0.2) is 4.98 Å². The molecule has 5 nitrogen and oxygen atoms in total. The van der Waals surface area contributed by atoms with Crippen molar-refractivity contribution in [2.24, 2.45) is 5.92 Å². The molecule has 5 heteroatoms. The van der Waals surface area contributed by atoms with Crippen LogP contribution in [0.3, 0.4) is 0 Å². The van der Waals surface area contributed by atoms with E-state index >= 15 is 0 Å². The average Bonchev–Trinajstić information content (AvgIpc) is 2.42. The van der Waals surface area contributed by atoms with Crippen molar-refractivity contribution in [3.8, 4) is 0 Å². The number of hydrogen-bond donors (Lipinski definition) is 3. The molecule has 1 unspecified atom stereocenters. The van der Waals surface area contributed by atoms with Gasteiger partial charge in [-0.2, -0.15) is 0 Å². The molecule has 0 spiro atoms. The molecular weight excluding hydrogens is 252 g/mol. The zero-order chi connectivity index (χ0) is 14.7. The minimum Gasteiger partial charge on any atom is -0.397 e. The third-order valence-corrected chi connectivity index (χ3v) is 3.95. The Bertz CT molecular complexity index is 646. The van der Waals surface area contributed by atoms with Crippen molar-refractivity contribution >= 4 is 22.3 Å². The number of nitrogens with two attached hydrogens (primary N) is 1. The molecule has 0 bridgehead atoms. The number of nitrogen functional groups attached to an aromatic ring is 1. The molecular formula is C15H22N4O. The predicted molar refractivity (Wildman–Crippen MR) is 83.9 cm³/mol. The van der Waals surface area contributed by atoms with Crippen molar-refractivity contribution in [1.29, 1.82) is 0 Å². The Morgan fingerprint density at radius 3 is 2.70 bits per heavy atom. The molecule has 0 aliphatic rings. The van der Waals surface area contributed by atoms with Gasteiger partial charge in [0.05, 0.1) is 28.6 Å². The van der Waals surface area contributed by atoms with Crippen LogP contribution < -0.4 is 16.6 Å². The van der Waals surface area contributed by atoms with Gasteiger partial charge in [-0.1, -0.05) is 26.7 Å². The van der Waals surface area contributed by atoms with Crippen LogP contribution in [-0.4, -0.2) is 16.0 Å². The maximum absolute atomic E-state index is 11.7. The summed E-state index contributed by atoms with van der Waals surface area (Å²) in [5.74, 6) is 0.595. The lowest BCUT2D eigenvalue weighted by Crippen LogP contribution is -2.25. The summed E-state index contributed by atoms with van der Waals surface area (Å²) >= 11 is 0. The summed E-state index contributed by atoms with van der Waals surface area (Å²) in [5.41, 5.74) is 7.95. The lowest BCUT2D eigenvalue weighted by Gasteiger charge is -2.24. The number of hydrogen-bond acceptors (Lipinski definition) is 4. The summed E-state index contributed by atoms with van der Waals surface area (Å²) in [6, 6.07) is 3.86. The fraction of sp³-hybridized carbons (Fsp3) is 0.467. The SMILES string of the molecule is CCC(CC)C(C)Nc1cc2nc[nH]c(=O)c2cc1N. The van der Waals surface area contributed by atoms with Crippen LogP contribution in [0.1, 0.15) is 33.6 Å². The van der Waals surface area contributed by atoms with Crippen molar-refractivity contribution in [2.75, 3.05) is 11.1 Å². The molecule has 108 valence electrons. The minimum absolute atomic E-state index is 0.165. The van der Waals surface area contributed by atoms with Gasteiger partial charge in [-0.15, -0.1) is 0 Å². The number of fused-ring (bicyclic) bond motifs is 1. The maximum Gasteiger partial charge on any atom is 0.258 e. The highest BCUT2D eigenvalue weighted by Gasteiger charge is 2.15. The number of H-pyrrole nitrogens is 1. The fourth-order valence-electron chi connectivity index (χ4n) is 2.62. The number of nitrogens with one attached hydrogen (secondary N) is 2. The van der Waals surface area contributed by atoms with Crippen molar-refractivity contribution in [1.82, 2.24) is 9.97 Å². The second kappa shape index (κ2) is 5.94. The van der Waals surface area contributed by atoms with Crippen LogP contribution in [0.25, 0.3) is 10.9 Å². The molecule has 2 aromatic rings. The normalized spacial score (nSPS) is 12.8. The van der Waals surface area contributed by atoms with Crippen LogP contribution in [0.4, 0.5) is 11.4 Å². The monoisotopic (exact) mass is 274 g/mol. The first-order chi connectivity index (χ1) is 9.56. The van der Waals surface area contributed by atoms with E-state index in [0.717, 1.165) is 18.5 Å². The van der Waals surface area contributed by atoms with Crippen LogP contribution >= 0.6 is 0 Å². The first-order valence-electron chi connectivity index (χ1n) is 7.10. The number of aromatic nitrogens is 2. The molecule has 4 N–H and O–H groups in total. The maximum atomic E-state index is 11.7. The Labute approximate surface area is 118 Å². The molecule has 1 aromatic heterocycles. The molecule has 0 radical (unpaired) electrons. The molecule has 1 heterocycles. The van der Waals surface area contributed by atoms with E-state index in [1.807, 2.05) is 6.07 Å². The van der Waals surface area contributed by atoms with Gasteiger partial charge in [0.1, 0.15) is 0 Å². The van der Waals surface area contributed by atoms with Gasteiger partial charge in [0.2, 0.25) is 0 Å². The Morgan fingerprint density at radius 1 is 1.35 bits per heavy atom. The molecule has 20 heavy (non-hydrogen) atoms. The molecule has 0 amide bonds. The van der Waals surface area contributed by atoms with Crippen LogP contribution in [0.5, 0.6) is 0 Å². The zero-order valence-corrected chi connectivity index (χ0v) is 12.2. The number of nitrogens with zero attached hydrogens (tertiary/aromatic N) is 1. The second-order valence-corrected chi connectivity index (χ2v) is 5.20. The quantitative estimate of drug-likeness (QED) is 0.732. The lowest BCUT2D eigenvalue weighted by molar-refractivity contribution is 0.438. The number of benzene rings is 1. The third-order valence-electron chi connectivity index (χ3n) is 3.95. The van der Waals surface area contributed by atoms with Gasteiger partial charge in [-0.05, 0) is 25.0 Å². The standard InChI is InChI=1S/C15H22N4O/c1-4-10(5-2)9(3)19-14-7-13-11(6-12(14)16)15(20)18-8-17-13/h6-10,19H,4-5,16H2,1-3H3,(H,17,18,20). The minimum atomic E-state index is -0.165. The van der Waals surface area contributed by atoms with E-state index in [0.29, 0.717) is 28.6 Å². The van der Waals surface area contributed by atoms with Gasteiger partial charge >= 0.3 is 0 Å². The number of aromatic amines is 1. The Morgan fingerprint density at radius 2 is 2.05 bits per heavy atom. The van der Waals surface area contributed by atoms with E-state index in [-0.39, 0.29) is 5.56 Å². The van der Waals surface area contributed by atoms with E-state index in [1.165, 1.54) is 6.33 Å². The van der Waals surface area contributed by atoms with Crippen LogP contribution in [0.15, 0.2) is 23.3 Å². The molecule has 0 saturated carbocycles. The first kappa shape index (κ1) is 14.4. The van der Waals surface area contributed by atoms with E-state index in [9.17, 15) is 4.79 Å². The van der Waals surface area contributed by atoms with Crippen molar-refractivity contribution in [3.63, 3.8) is 0 Å². The van der Waals surface area contributed by atoms with E-state index in [4.69, 9.17) is 5.73 Å². The first-order valence-corrected chi connectivity index (χ1v) is 7.10. The third kappa shape index (κ3) is 2.76. The largest absolute Gasteiger partial charge is 0.397 e. The molecule has 1 atom stereocenters. The highest BCUT2D eigenvalue weighted by atomic mass is 16.1. The Hall–Kier alpha value is -2.04. The summed E-state index contributed by atoms with van der Waals surface area (Å²) in [5, 5.41) is 3.97. The van der Waals surface area contributed by atoms with E-state index in [1.54, 1.807) is 6.07 Å². The second-order valence-electron chi connectivity index (χ2n) is 5.20. The summed E-state index contributed by atoms with van der Waals surface area (Å²) in [4.78, 5) is 18.4. The molecule has 1 aromatic carbocycles. The van der Waals surface area contributed by atoms with Crippen molar-refractivity contribution in [2.45, 2.75) is 39.7 Å². The Kier molecular flexibility index (Phi) is 4.27. The molecule has 0 fully saturated rings. The summed E-state index contributed by atoms with van der Waals surface area (Å²) < 4.78 is 0. The number of rotatable bonds is 5. The molecule has 2 rings (SSSR count). The summed E-state index contributed by atoms with van der Waals surface area (Å²) in [6.07, 6.45) is 3.65. The van der Waals surface area contributed by atoms with Crippen LogP contribution in [0, 0.1) is 5.92 Å². The van der Waals surface area contributed by atoms with Gasteiger partial charge in [0.25, 0.3) is 5.56 Å². The number of anilines is 2. The van der Waals surface area contributed by atoms with Crippen molar-refractivity contribution < 1.29 is 0 Å². The van der Waals surface area contributed by atoms with Crippen LogP contribution in [-0.2, 0) is 0 Å². The van der Waals surface area contributed by atoms with Gasteiger partial charge < -0.3 is 16.0 Å². The average molecular weight is 274 g/mol. The highest BCUT2D eigenvalue weighted by molar-refractivity contribution is 5.88. The van der Waals surface area contributed by atoms with E-state index < -0.39 is 0 Å². The summed E-state index contributed by atoms with van der Waals surface area (Å²) in [7, 11) is 0. The van der Waals surface area contributed by atoms with E-state index in [2.05, 4.69) is 36.1 Å². The molecule has 0 saturated heterocycles. The fourth-order valence-corrected chi connectivity index (χ4v) is 2.62. The molecule has 0 aliphatic carbocycles. The summed E-state index contributed by atoms with van der Waals surface area (Å²) in [6.45, 7) is 6.54. The Balaban J connectivity index is 2.35. The smallest absolute Gasteiger partial charge is 0.258 e. The van der Waals surface area contributed by atoms with Gasteiger partial charge in [-0.3, -0.25) is 4.79 Å².